The average molecular weight is 441 g/mol. The van der Waals surface area contributed by atoms with Gasteiger partial charge in [-0.15, -0.1) is 24.0 Å². The van der Waals surface area contributed by atoms with Crippen molar-refractivity contribution >= 4 is 41.0 Å². The molecule has 1 aromatic carbocycles. The number of halogens is 1. The lowest BCUT2D eigenvalue weighted by atomic mass is 9.96. The van der Waals surface area contributed by atoms with Crippen LogP contribution in [0.15, 0.2) is 35.6 Å². The van der Waals surface area contributed by atoms with Crippen LogP contribution in [0.25, 0.3) is 11.0 Å². The molecule has 5 nitrogen and oxygen atoms in total. The van der Waals surface area contributed by atoms with Gasteiger partial charge in [-0.05, 0) is 31.4 Å². The van der Waals surface area contributed by atoms with Crippen LogP contribution in [0.2, 0.25) is 0 Å². The summed E-state index contributed by atoms with van der Waals surface area (Å²) in [7, 11) is 1.85. The second-order valence-electron chi connectivity index (χ2n) is 6.26. The van der Waals surface area contributed by atoms with Crippen LogP contribution in [0, 0.1) is 0 Å². The summed E-state index contributed by atoms with van der Waals surface area (Å²) >= 11 is 0. The minimum atomic E-state index is 0. The molecule has 1 aromatic heterocycles. The number of guanidine groups is 1. The predicted molar refractivity (Wildman–Crippen MR) is 111 cm³/mol. The summed E-state index contributed by atoms with van der Waals surface area (Å²) in [5.74, 6) is 0.937. The Labute approximate surface area is 161 Å². The third-order valence-corrected chi connectivity index (χ3v) is 4.57. The maximum Gasteiger partial charge on any atom is 0.191 e. The lowest BCUT2D eigenvalue weighted by Gasteiger charge is -2.24. The summed E-state index contributed by atoms with van der Waals surface area (Å²) in [4.78, 5) is 8.77. The summed E-state index contributed by atoms with van der Waals surface area (Å²) in [5.41, 5.74) is 2.27. The summed E-state index contributed by atoms with van der Waals surface area (Å²) in [6, 6.07) is 8.86. The Kier molecular flexibility index (Phi) is 7.81. The van der Waals surface area contributed by atoms with Gasteiger partial charge in [-0.1, -0.05) is 31.4 Å². The van der Waals surface area contributed by atoms with Crippen LogP contribution in [-0.4, -0.2) is 35.1 Å². The van der Waals surface area contributed by atoms with Gasteiger partial charge in [0, 0.05) is 26.2 Å². The molecule has 1 aliphatic rings. The SMILES string of the molecule is CN=C(NCCCn1cnc2ccccc21)NC1CCCCC1.I. The molecule has 3 rings (SSSR count). The molecule has 0 unspecified atom stereocenters. The number of benzene rings is 1. The summed E-state index contributed by atoms with van der Waals surface area (Å²) < 4.78 is 2.22. The molecule has 1 aliphatic carbocycles. The van der Waals surface area contributed by atoms with Crippen molar-refractivity contribution in [3.8, 4) is 0 Å². The van der Waals surface area contributed by atoms with Crippen LogP contribution >= 0.6 is 24.0 Å². The van der Waals surface area contributed by atoms with Gasteiger partial charge >= 0.3 is 0 Å². The Morgan fingerprint density at radius 1 is 1.25 bits per heavy atom. The molecule has 0 saturated heterocycles. The highest BCUT2D eigenvalue weighted by atomic mass is 127. The van der Waals surface area contributed by atoms with E-state index in [0.29, 0.717) is 6.04 Å². The first-order chi connectivity index (χ1) is 11.4. The van der Waals surface area contributed by atoms with E-state index < -0.39 is 0 Å². The number of para-hydroxylation sites is 2. The molecule has 24 heavy (non-hydrogen) atoms. The molecular formula is C18H28IN5. The molecule has 2 aromatic rings. The van der Waals surface area contributed by atoms with Crippen molar-refractivity contribution in [1.29, 1.82) is 0 Å². The van der Waals surface area contributed by atoms with Crippen molar-refractivity contribution in [2.24, 2.45) is 4.99 Å². The van der Waals surface area contributed by atoms with Gasteiger partial charge < -0.3 is 15.2 Å². The van der Waals surface area contributed by atoms with Crippen LogP contribution in [-0.2, 0) is 6.54 Å². The molecule has 2 N–H and O–H groups in total. The predicted octanol–water partition coefficient (Wildman–Crippen LogP) is 3.54. The van der Waals surface area contributed by atoms with Crippen LogP contribution in [0.3, 0.4) is 0 Å². The summed E-state index contributed by atoms with van der Waals surface area (Å²) in [6.45, 7) is 1.88. The fraction of sp³-hybridized carbons (Fsp3) is 0.556. The number of aryl methyl sites for hydroxylation is 1. The smallest absolute Gasteiger partial charge is 0.191 e. The number of rotatable bonds is 5. The first-order valence-corrected chi connectivity index (χ1v) is 8.74. The number of imidazole rings is 1. The number of hydrogen-bond acceptors (Lipinski definition) is 2. The fourth-order valence-corrected chi connectivity index (χ4v) is 3.28. The standard InChI is InChI=1S/C18H27N5.HI/c1-19-18(22-15-8-3-2-4-9-15)20-12-7-13-23-14-21-16-10-5-6-11-17(16)23;/h5-6,10-11,14-15H,2-4,7-9,12-13H2,1H3,(H2,19,20,22);1H. The first-order valence-electron chi connectivity index (χ1n) is 8.74. The molecule has 0 amide bonds. The van der Waals surface area contributed by atoms with Crippen LogP contribution < -0.4 is 10.6 Å². The van der Waals surface area contributed by atoms with Crippen LogP contribution in [0.5, 0.6) is 0 Å². The Balaban J connectivity index is 0.00000208. The summed E-state index contributed by atoms with van der Waals surface area (Å²) in [5, 5.41) is 6.98. The Hall–Kier alpha value is -1.31. The van der Waals surface area contributed by atoms with Gasteiger partial charge in [-0.2, -0.15) is 0 Å². The van der Waals surface area contributed by atoms with Gasteiger partial charge in [0.15, 0.2) is 5.96 Å². The largest absolute Gasteiger partial charge is 0.356 e. The lowest BCUT2D eigenvalue weighted by Crippen LogP contribution is -2.44. The van der Waals surface area contributed by atoms with E-state index in [1.165, 1.54) is 37.6 Å². The van der Waals surface area contributed by atoms with Gasteiger partial charge in [0.2, 0.25) is 0 Å². The molecule has 0 aliphatic heterocycles. The Morgan fingerprint density at radius 3 is 2.83 bits per heavy atom. The number of nitrogens with one attached hydrogen (secondary N) is 2. The maximum absolute atomic E-state index is 4.43. The monoisotopic (exact) mass is 441 g/mol. The number of nitrogens with zero attached hydrogens (tertiary/aromatic N) is 3. The highest BCUT2D eigenvalue weighted by molar-refractivity contribution is 14.0. The third-order valence-electron chi connectivity index (χ3n) is 4.57. The van der Waals surface area contributed by atoms with E-state index in [2.05, 4.69) is 43.4 Å². The molecule has 0 spiro atoms. The number of fused-ring (bicyclic) bond motifs is 1. The average Bonchev–Trinajstić information content (AvgIpc) is 3.02. The highest BCUT2D eigenvalue weighted by Gasteiger charge is 2.14. The number of aromatic nitrogens is 2. The van der Waals surface area contributed by atoms with Gasteiger partial charge in [0.25, 0.3) is 0 Å². The first kappa shape index (κ1) is 19.0. The zero-order valence-electron chi connectivity index (χ0n) is 14.4. The van der Waals surface area contributed by atoms with Gasteiger partial charge in [-0.25, -0.2) is 4.98 Å². The molecule has 0 bridgehead atoms. The highest BCUT2D eigenvalue weighted by Crippen LogP contribution is 2.17. The van der Waals surface area contributed by atoms with E-state index in [-0.39, 0.29) is 24.0 Å². The zero-order valence-corrected chi connectivity index (χ0v) is 16.7. The molecule has 132 valence electrons. The molecule has 1 saturated carbocycles. The quantitative estimate of drug-likeness (QED) is 0.323. The van der Waals surface area contributed by atoms with Gasteiger partial charge in [-0.3, -0.25) is 4.99 Å². The van der Waals surface area contributed by atoms with Gasteiger partial charge in [0.05, 0.1) is 17.4 Å². The minimum absolute atomic E-state index is 0. The fourth-order valence-electron chi connectivity index (χ4n) is 3.28. The van der Waals surface area contributed by atoms with Crippen molar-refractivity contribution < 1.29 is 0 Å². The van der Waals surface area contributed by atoms with E-state index >= 15 is 0 Å². The lowest BCUT2D eigenvalue weighted by molar-refractivity contribution is 0.410. The molecular weight excluding hydrogens is 413 g/mol. The second-order valence-corrected chi connectivity index (χ2v) is 6.26. The molecule has 1 heterocycles. The van der Waals surface area contributed by atoms with Crippen molar-refractivity contribution in [2.75, 3.05) is 13.6 Å². The zero-order chi connectivity index (χ0) is 15.9. The van der Waals surface area contributed by atoms with E-state index in [1.54, 1.807) is 0 Å². The van der Waals surface area contributed by atoms with E-state index in [1.807, 2.05) is 19.4 Å². The van der Waals surface area contributed by atoms with Crippen molar-refractivity contribution in [3.05, 3.63) is 30.6 Å². The Bertz CT molecular complexity index is 646. The molecule has 0 atom stereocenters. The van der Waals surface area contributed by atoms with Crippen LogP contribution in [0.1, 0.15) is 38.5 Å². The van der Waals surface area contributed by atoms with Crippen molar-refractivity contribution in [3.63, 3.8) is 0 Å². The molecule has 0 radical (unpaired) electrons. The normalized spacial score (nSPS) is 16.0. The molecule has 1 fully saturated rings. The van der Waals surface area contributed by atoms with E-state index in [4.69, 9.17) is 0 Å². The molecule has 6 heteroatoms. The van der Waals surface area contributed by atoms with Crippen molar-refractivity contribution in [2.45, 2.75) is 51.1 Å². The van der Waals surface area contributed by atoms with Crippen LogP contribution in [0.4, 0.5) is 0 Å². The minimum Gasteiger partial charge on any atom is -0.356 e. The third kappa shape index (κ3) is 5.09. The topological polar surface area (TPSA) is 54.2 Å². The second kappa shape index (κ2) is 9.86. The number of aliphatic imine (C=N–C) groups is 1. The number of hydrogen-bond donors (Lipinski definition) is 2. The van der Waals surface area contributed by atoms with Crippen molar-refractivity contribution in [1.82, 2.24) is 20.2 Å². The Morgan fingerprint density at radius 2 is 2.04 bits per heavy atom. The van der Waals surface area contributed by atoms with E-state index in [0.717, 1.165) is 31.0 Å². The van der Waals surface area contributed by atoms with E-state index in [9.17, 15) is 0 Å². The summed E-state index contributed by atoms with van der Waals surface area (Å²) in [6.07, 6.45) is 9.56. The van der Waals surface area contributed by atoms with Gasteiger partial charge in [0.1, 0.15) is 0 Å². The maximum atomic E-state index is 4.43.